The summed E-state index contributed by atoms with van der Waals surface area (Å²) in [4.78, 5) is 25.6. The number of H-pyrrole nitrogens is 1. The van der Waals surface area contributed by atoms with Gasteiger partial charge in [-0.1, -0.05) is 0 Å². The number of rotatable bonds is 2. The van der Waals surface area contributed by atoms with E-state index in [1.807, 2.05) is 0 Å². The third-order valence-corrected chi connectivity index (χ3v) is 1.12. The summed E-state index contributed by atoms with van der Waals surface area (Å²) >= 11 is 0. The van der Waals surface area contributed by atoms with E-state index in [9.17, 15) is 14.9 Å². The first-order valence-corrected chi connectivity index (χ1v) is 2.81. The highest BCUT2D eigenvalue weighted by Crippen LogP contribution is 2.11. The summed E-state index contributed by atoms with van der Waals surface area (Å²) in [7, 11) is 0. The van der Waals surface area contributed by atoms with Gasteiger partial charge in [-0.25, -0.2) is 9.97 Å². The molecule has 0 aliphatic rings. The number of carbonyl (C=O) groups is 1. The third-order valence-electron chi connectivity index (χ3n) is 1.12. The van der Waals surface area contributed by atoms with E-state index in [1.54, 1.807) is 6.92 Å². The van der Waals surface area contributed by atoms with Crippen molar-refractivity contribution in [2.24, 2.45) is 0 Å². The molecule has 0 radical (unpaired) electrons. The summed E-state index contributed by atoms with van der Waals surface area (Å²) in [5, 5.41) is 10.2. The predicted octanol–water partition coefficient (Wildman–Crippen LogP) is 0.439. The molecule has 0 saturated carbocycles. The zero-order chi connectivity index (χ0) is 8.43. The van der Waals surface area contributed by atoms with Crippen molar-refractivity contribution in [1.29, 1.82) is 0 Å². The van der Waals surface area contributed by atoms with Crippen molar-refractivity contribution in [1.82, 2.24) is 9.97 Å². The minimum atomic E-state index is -0.677. The van der Waals surface area contributed by atoms with Crippen molar-refractivity contribution in [2.75, 3.05) is 0 Å². The minimum absolute atomic E-state index is 0.160. The van der Waals surface area contributed by atoms with Gasteiger partial charge in [0.1, 0.15) is 0 Å². The molecule has 1 aromatic rings. The van der Waals surface area contributed by atoms with Crippen molar-refractivity contribution in [3.05, 3.63) is 21.6 Å². The SMILES string of the molecule is Cc1nc(C=O)c([N+](=O)[O-])[nH]1. The molecule has 1 heterocycles. The zero-order valence-electron chi connectivity index (χ0n) is 5.70. The van der Waals surface area contributed by atoms with Gasteiger partial charge in [0.2, 0.25) is 0 Å². The number of carbonyl (C=O) groups excluding carboxylic acids is 1. The normalized spacial score (nSPS) is 9.55. The number of nitrogens with zero attached hydrogens (tertiary/aromatic N) is 2. The molecule has 0 aromatic carbocycles. The molecule has 0 saturated heterocycles. The lowest BCUT2D eigenvalue weighted by molar-refractivity contribution is -0.389. The molecular formula is C5H5N3O3. The molecule has 6 nitrogen and oxygen atoms in total. The average Bonchev–Trinajstić information content (AvgIpc) is 2.30. The lowest BCUT2D eigenvalue weighted by Crippen LogP contribution is -1.92. The fraction of sp³-hybridized carbons (Fsp3) is 0.200. The minimum Gasteiger partial charge on any atom is -0.358 e. The fourth-order valence-corrected chi connectivity index (χ4v) is 0.718. The number of hydrogen-bond donors (Lipinski definition) is 1. The summed E-state index contributed by atoms with van der Waals surface area (Å²) in [6, 6.07) is 0. The number of aryl methyl sites for hydroxylation is 1. The van der Waals surface area contributed by atoms with Gasteiger partial charge < -0.3 is 10.1 Å². The molecule has 0 bridgehead atoms. The molecule has 0 atom stereocenters. The molecule has 0 aliphatic heterocycles. The van der Waals surface area contributed by atoms with Gasteiger partial charge in [-0.3, -0.25) is 4.79 Å². The van der Waals surface area contributed by atoms with Crippen LogP contribution in [0.1, 0.15) is 16.3 Å². The average molecular weight is 155 g/mol. The van der Waals surface area contributed by atoms with Crippen LogP contribution in [-0.4, -0.2) is 21.2 Å². The van der Waals surface area contributed by atoms with E-state index < -0.39 is 4.92 Å². The van der Waals surface area contributed by atoms with Crippen LogP contribution in [0.2, 0.25) is 0 Å². The Labute approximate surface area is 61.4 Å². The second kappa shape index (κ2) is 2.49. The van der Waals surface area contributed by atoms with Crippen LogP contribution in [0.5, 0.6) is 0 Å². The highest BCUT2D eigenvalue weighted by molar-refractivity contribution is 5.77. The monoisotopic (exact) mass is 155 g/mol. The zero-order valence-corrected chi connectivity index (χ0v) is 5.70. The Morgan fingerprint density at radius 2 is 2.36 bits per heavy atom. The number of aromatic nitrogens is 2. The lowest BCUT2D eigenvalue weighted by Gasteiger charge is -1.87. The van der Waals surface area contributed by atoms with E-state index in [1.165, 1.54) is 0 Å². The van der Waals surface area contributed by atoms with Crippen molar-refractivity contribution in [3.8, 4) is 0 Å². The Bertz CT molecular complexity index is 304. The van der Waals surface area contributed by atoms with Crippen LogP contribution in [0, 0.1) is 17.0 Å². The van der Waals surface area contributed by atoms with Gasteiger partial charge in [-0.15, -0.1) is 0 Å². The van der Waals surface area contributed by atoms with Crippen molar-refractivity contribution < 1.29 is 9.72 Å². The molecule has 0 amide bonds. The van der Waals surface area contributed by atoms with Gasteiger partial charge in [0.15, 0.2) is 17.8 Å². The van der Waals surface area contributed by atoms with Crippen molar-refractivity contribution in [3.63, 3.8) is 0 Å². The smallest absolute Gasteiger partial charge is 0.351 e. The maximum Gasteiger partial charge on any atom is 0.351 e. The van der Waals surface area contributed by atoms with Gasteiger partial charge in [0.05, 0.1) is 0 Å². The quantitative estimate of drug-likeness (QED) is 0.381. The van der Waals surface area contributed by atoms with Crippen LogP contribution in [0.4, 0.5) is 5.82 Å². The van der Waals surface area contributed by atoms with Crippen LogP contribution in [0.15, 0.2) is 0 Å². The Morgan fingerprint density at radius 3 is 2.73 bits per heavy atom. The summed E-state index contributed by atoms with van der Waals surface area (Å²) in [6.07, 6.45) is 0.349. The molecular weight excluding hydrogens is 150 g/mol. The van der Waals surface area contributed by atoms with Crippen LogP contribution in [-0.2, 0) is 0 Å². The number of nitrogens with one attached hydrogen (secondary N) is 1. The van der Waals surface area contributed by atoms with Gasteiger partial charge in [0.25, 0.3) is 0 Å². The molecule has 0 unspecified atom stereocenters. The van der Waals surface area contributed by atoms with E-state index >= 15 is 0 Å². The summed E-state index contributed by atoms with van der Waals surface area (Å²) in [5.74, 6) is 0.0105. The Hall–Kier alpha value is -1.72. The van der Waals surface area contributed by atoms with Crippen LogP contribution in [0.25, 0.3) is 0 Å². The van der Waals surface area contributed by atoms with Gasteiger partial charge in [0, 0.05) is 6.92 Å². The van der Waals surface area contributed by atoms with Crippen LogP contribution < -0.4 is 0 Å². The number of aldehydes is 1. The highest BCUT2D eigenvalue weighted by Gasteiger charge is 2.16. The standard InChI is InChI=1S/C5H5N3O3/c1-3-6-4(2-9)5(7-3)8(10)11/h2H,1H3,(H,6,7). The molecule has 0 spiro atoms. The molecule has 1 rings (SSSR count). The Morgan fingerprint density at radius 1 is 1.73 bits per heavy atom. The van der Waals surface area contributed by atoms with Crippen molar-refractivity contribution in [2.45, 2.75) is 6.92 Å². The molecule has 58 valence electrons. The van der Waals surface area contributed by atoms with Gasteiger partial charge in [-0.2, -0.15) is 0 Å². The number of imidazole rings is 1. The molecule has 0 aliphatic carbocycles. The molecule has 6 heteroatoms. The Balaban J connectivity index is 3.22. The first-order valence-electron chi connectivity index (χ1n) is 2.81. The molecule has 0 fully saturated rings. The molecule has 1 N–H and O–H groups in total. The summed E-state index contributed by atoms with van der Waals surface area (Å²) in [6.45, 7) is 1.54. The van der Waals surface area contributed by atoms with E-state index in [-0.39, 0.29) is 11.5 Å². The van der Waals surface area contributed by atoms with Crippen LogP contribution in [0.3, 0.4) is 0 Å². The predicted molar refractivity (Wildman–Crippen MR) is 35.4 cm³/mol. The van der Waals surface area contributed by atoms with Crippen molar-refractivity contribution >= 4 is 12.1 Å². The number of nitro groups is 1. The maximum atomic E-state index is 10.2. The van der Waals surface area contributed by atoms with E-state index in [4.69, 9.17) is 0 Å². The fourth-order valence-electron chi connectivity index (χ4n) is 0.718. The first kappa shape index (κ1) is 7.39. The van der Waals surface area contributed by atoms with E-state index in [2.05, 4.69) is 9.97 Å². The summed E-state index contributed by atoms with van der Waals surface area (Å²) < 4.78 is 0. The van der Waals surface area contributed by atoms with E-state index in [0.29, 0.717) is 12.1 Å². The third kappa shape index (κ3) is 1.23. The summed E-state index contributed by atoms with van der Waals surface area (Å²) in [5.41, 5.74) is -0.160. The second-order valence-electron chi connectivity index (χ2n) is 1.93. The maximum absolute atomic E-state index is 10.2. The van der Waals surface area contributed by atoms with Gasteiger partial charge in [-0.05, 0) is 4.92 Å². The molecule has 11 heavy (non-hydrogen) atoms. The van der Waals surface area contributed by atoms with Crippen LogP contribution >= 0.6 is 0 Å². The highest BCUT2D eigenvalue weighted by atomic mass is 16.6. The first-order chi connectivity index (χ1) is 5.15. The number of aromatic amines is 1. The van der Waals surface area contributed by atoms with Gasteiger partial charge >= 0.3 is 5.82 Å². The van der Waals surface area contributed by atoms with E-state index in [0.717, 1.165) is 0 Å². The Kier molecular flexibility index (Phi) is 1.67. The molecule has 1 aromatic heterocycles. The largest absolute Gasteiger partial charge is 0.358 e. The lowest BCUT2D eigenvalue weighted by atomic mass is 10.5. The number of hydrogen-bond acceptors (Lipinski definition) is 4. The topological polar surface area (TPSA) is 88.9 Å². The second-order valence-corrected chi connectivity index (χ2v) is 1.93.